The molecule has 0 radical (unpaired) electrons. The molecule has 34 heavy (non-hydrogen) atoms. The molecule has 0 spiro atoms. The van der Waals surface area contributed by atoms with Crippen molar-refractivity contribution in [2.24, 2.45) is 0 Å². The van der Waals surface area contributed by atoms with Crippen molar-refractivity contribution in [1.82, 2.24) is 10.2 Å². The molecule has 0 heterocycles. The Kier molecular flexibility index (Phi) is 9.03. The number of carbonyl (C=O) groups excluding carboxylic acids is 2. The van der Waals surface area contributed by atoms with Crippen molar-refractivity contribution >= 4 is 11.8 Å². The minimum atomic E-state index is -0.590. The van der Waals surface area contributed by atoms with E-state index in [9.17, 15) is 9.59 Å². The van der Waals surface area contributed by atoms with Crippen LogP contribution in [0.5, 0.6) is 0 Å². The van der Waals surface area contributed by atoms with Gasteiger partial charge in [0.2, 0.25) is 11.8 Å². The van der Waals surface area contributed by atoms with Crippen molar-refractivity contribution in [2.75, 3.05) is 6.54 Å². The summed E-state index contributed by atoms with van der Waals surface area (Å²) in [5.74, 6) is -0.146. The van der Waals surface area contributed by atoms with Gasteiger partial charge in [-0.15, -0.1) is 0 Å². The van der Waals surface area contributed by atoms with Gasteiger partial charge < -0.3 is 10.2 Å². The molecule has 2 amide bonds. The van der Waals surface area contributed by atoms with Crippen LogP contribution < -0.4 is 5.32 Å². The molecule has 0 aliphatic heterocycles. The maximum absolute atomic E-state index is 13.8. The fraction of sp³-hybridized carbons (Fsp3) is 0.333. The predicted molar refractivity (Wildman–Crippen MR) is 139 cm³/mol. The highest BCUT2D eigenvalue weighted by Gasteiger charge is 2.30. The summed E-state index contributed by atoms with van der Waals surface area (Å²) in [5, 5.41) is 3.04. The number of amides is 2. The maximum atomic E-state index is 13.8. The van der Waals surface area contributed by atoms with Gasteiger partial charge in [-0.3, -0.25) is 9.59 Å². The van der Waals surface area contributed by atoms with Crippen LogP contribution in [0, 0.1) is 20.8 Å². The molecule has 0 aliphatic rings. The normalized spacial score (nSPS) is 11.6. The summed E-state index contributed by atoms with van der Waals surface area (Å²) >= 11 is 0. The van der Waals surface area contributed by atoms with Crippen molar-refractivity contribution in [3.63, 3.8) is 0 Å². The molecule has 0 aliphatic carbocycles. The molecule has 0 saturated carbocycles. The van der Waals surface area contributed by atoms with E-state index < -0.39 is 6.04 Å². The monoisotopic (exact) mass is 456 g/mol. The van der Waals surface area contributed by atoms with Gasteiger partial charge in [0.05, 0.1) is 6.42 Å². The van der Waals surface area contributed by atoms with E-state index in [4.69, 9.17) is 0 Å². The average Bonchev–Trinajstić information content (AvgIpc) is 2.83. The Balaban J connectivity index is 1.97. The fourth-order valence-corrected chi connectivity index (χ4v) is 4.08. The number of rotatable bonds is 10. The third kappa shape index (κ3) is 6.80. The number of nitrogens with one attached hydrogen (secondary N) is 1. The Hall–Kier alpha value is -3.40. The molecule has 3 rings (SSSR count). The number of aryl methyl sites for hydroxylation is 3. The number of nitrogens with zero attached hydrogens (tertiary/aromatic N) is 1. The Morgan fingerprint density at radius 2 is 1.53 bits per heavy atom. The molecule has 178 valence electrons. The largest absolute Gasteiger partial charge is 0.354 e. The second-order valence-electron chi connectivity index (χ2n) is 9.04. The third-order valence-electron chi connectivity index (χ3n) is 6.35. The molecule has 1 unspecified atom stereocenters. The van der Waals surface area contributed by atoms with Crippen LogP contribution in [0.15, 0.2) is 72.8 Å². The Labute approximate surface area is 204 Å². The molecule has 0 aromatic heterocycles. The van der Waals surface area contributed by atoms with Crippen LogP contribution in [0.4, 0.5) is 0 Å². The van der Waals surface area contributed by atoms with Gasteiger partial charge in [-0.05, 0) is 60.6 Å². The van der Waals surface area contributed by atoms with Crippen LogP contribution >= 0.6 is 0 Å². The van der Waals surface area contributed by atoms with E-state index in [1.165, 1.54) is 5.56 Å². The van der Waals surface area contributed by atoms with Gasteiger partial charge in [-0.2, -0.15) is 0 Å². The summed E-state index contributed by atoms with van der Waals surface area (Å²) in [4.78, 5) is 28.9. The molecular formula is C30H36N2O2. The van der Waals surface area contributed by atoms with Gasteiger partial charge in [0.15, 0.2) is 0 Å². The first-order valence-corrected chi connectivity index (χ1v) is 12.1. The third-order valence-corrected chi connectivity index (χ3v) is 6.35. The van der Waals surface area contributed by atoms with Gasteiger partial charge in [0.1, 0.15) is 6.04 Å². The number of hydrogen-bond donors (Lipinski definition) is 1. The zero-order chi connectivity index (χ0) is 24.5. The van der Waals surface area contributed by atoms with Crippen LogP contribution in [0.2, 0.25) is 0 Å². The summed E-state index contributed by atoms with van der Waals surface area (Å²) in [6, 6.07) is 23.5. The summed E-state index contributed by atoms with van der Waals surface area (Å²) in [5.41, 5.74) is 6.53. The molecule has 1 N–H and O–H groups in total. The lowest BCUT2D eigenvalue weighted by Crippen LogP contribution is -2.51. The van der Waals surface area contributed by atoms with E-state index in [0.29, 0.717) is 19.5 Å². The van der Waals surface area contributed by atoms with Crippen LogP contribution in [0.3, 0.4) is 0 Å². The number of hydrogen-bond acceptors (Lipinski definition) is 2. The Morgan fingerprint density at radius 3 is 2.21 bits per heavy atom. The summed E-state index contributed by atoms with van der Waals surface area (Å²) < 4.78 is 0. The van der Waals surface area contributed by atoms with Crippen molar-refractivity contribution in [2.45, 2.75) is 59.5 Å². The number of benzene rings is 3. The van der Waals surface area contributed by atoms with Gasteiger partial charge in [0.25, 0.3) is 0 Å². The molecule has 1 atom stereocenters. The lowest BCUT2D eigenvalue weighted by molar-refractivity contribution is -0.140. The summed E-state index contributed by atoms with van der Waals surface area (Å²) in [6.07, 6.45) is 1.58. The smallest absolute Gasteiger partial charge is 0.243 e. The second kappa shape index (κ2) is 12.2. The van der Waals surface area contributed by atoms with E-state index in [0.717, 1.165) is 34.2 Å². The Bertz CT molecular complexity index is 1110. The first-order chi connectivity index (χ1) is 16.4. The lowest BCUT2D eigenvalue weighted by atomic mass is 9.99. The fourth-order valence-electron chi connectivity index (χ4n) is 4.08. The molecular weight excluding hydrogens is 420 g/mol. The van der Waals surface area contributed by atoms with Crippen molar-refractivity contribution in [3.05, 3.63) is 106 Å². The molecule has 4 nitrogen and oxygen atoms in total. The van der Waals surface area contributed by atoms with Crippen LogP contribution in [-0.4, -0.2) is 29.3 Å². The standard InChI is InChI=1S/C30H36N2O2/c1-5-17-31-30(34)28(19-25-12-7-6-8-13-25)32(21-27-14-10-9-11-23(27)3)29(33)20-26-16-15-22(2)24(4)18-26/h6-16,18,28H,5,17,19-21H2,1-4H3,(H,31,34). The molecule has 3 aromatic carbocycles. The quantitative estimate of drug-likeness (QED) is 0.449. The van der Waals surface area contributed by atoms with E-state index in [1.54, 1.807) is 4.90 Å². The van der Waals surface area contributed by atoms with Crippen molar-refractivity contribution in [1.29, 1.82) is 0 Å². The SMILES string of the molecule is CCCNC(=O)C(Cc1ccccc1)N(Cc1ccccc1C)C(=O)Cc1ccc(C)c(C)c1. The molecule has 4 heteroatoms. The zero-order valence-corrected chi connectivity index (χ0v) is 20.8. The highest BCUT2D eigenvalue weighted by Crippen LogP contribution is 2.19. The van der Waals surface area contributed by atoms with Crippen molar-refractivity contribution < 1.29 is 9.59 Å². The topological polar surface area (TPSA) is 49.4 Å². The number of carbonyl (C=O) groups is 2. The zero-order valence-electron chi connectivity index (χ0n) is 20.8. The van der Waals surface area contributed by atoms with Gasteiger partial charge in [0, 0.05) is 19.5 Å². The first-order valence-electron chi connectivity index (χ1n) is 12.1. The highest BCUT2D eigenvalue weighted by atomic mass is 16.2. The predicted octanol–water partition coefficient (Wildman–Crippen LogP) is 5.32. The minimum Gasteiger partial charge on any atom is -0.354 e. The summed E-state index contributed by atoms with van der Waals surface area (Å²) in [7, 11) is 0. The molecule has 3 aromatic rings. The highest BCUT2D eigenvalue weighted by molar-refractivity contribution is 5.88. The van der Waals surface area contributed by atoms with Gasteiger partial charge in [-0.1, -0.05) is 79.7 Å². The average molecular weight is 457 g/mol. The maximum Gasteiger partial charge on any atom is 0.243 e. The van der Waals surface area contributed by atoms with Crippen LogP contribution in [0.1, 0.15) is 46.7 Å². The Morgan fingerprint density at radius 1 is 0.824 bits per heavy atom. The van der Waals surface area contributed by atoms with Gasteiger partial charge in [-0.25, -0.2) is 0 Å². The van der Waals surface area contributed by atoms with E-state index in [2.05, 4.69) is 31.3 Å². The second-order valence-corrected chi connectivity index (χ2v) is 9.04. The minimum absolute atomic E-state index is 0.0425. The first kappa shape index (κ1) is 25.2. The molecule has 0 bridgehead atoms. The van der Waals surface area contributed by atoms with Gasteiger partial charge >= 0.3 is 0 Å². The van der Waals surface area contributed by atoms with E-state index in [1.807, 2.05) is 74.5 Å². The molecule has 0 saturated heterocycles. The lowest BCUT2D eigenvalue weighted by Gasteiger charge is -2.32. The van der Waals surface area contributed by atoms with E-state index in [-0.39, 0.29) is 18.2 Å². The van der Waals surface area contributed by atoms with Crippen LogP contribution in [-0.2, 0) is 29.0 Å². The van der Waals surface area contributed by atoms with E-state index >= 15 is 0 Å². The van der Waals surface area contributed by atoms with Crippen LogP contribution in [0.25, 0.3) is 0 Å². The summed E-state index contributed by atoms with van der Waals surface area (Å²) in [6.45, 7) is 9.19. The molecule has 0 fully saturated rings. The van der Waals surface area contributed by atoms with Crippen molar-refractivity contribution in [3.8, 4) is 0 Å².